The first-order valence-electron chi connectivity index (χ1n) is 5.60. The Morgan fingerprint density at radius 2 is 2.47 bits per heavy atom. The van der Waals surface area contributed by atoms with Gasteiger partial charge in [-0.05, 0) is 25.6 Å². The van der Waals surface area contributed by atoms with Gasteiger partial charge in [-0.25, -0.2) is 4.98 Å². The number of nitrogens with two attached hydrogens (primary N) is 1. The summed E-state index contributed by atoms with van der Waals surface area (Å²) >= 11 is 1.99. The van der Waals surface area contributed by atoms with Gasteiger partial charge in [0.15, 0.2) is 0 Å². The van der Waals surface area contributed by atoms with Gasteiger partial charge in [0, 0.05) is 29.6 Å². The van der Waals surface area contributed by atoms with Gasteiger partial charge in [0.2, 0.25) is 0 Å². The molecular formula is C11H19N3S. The summed E-state index contributed by atoms with van der Waals surface area (Å²) in [5.41, 5.74) is 6.90. The van der Waals surface area contributed by atoms with Crippen LogP contribution in [0.3, 0.4) is 0 Å². The molecule has 1 aromatic heterocycles. The predicted molar refractivity (Wildman–Crippen MR) is 65.2 cm³/mol. The van der Waals surface area contributed by atoms with E-state index in [1.54, 1.807) is 0 Å². The van der Waals surface area contributed by atoms with Crippen molar-refractivity contribution in [2.24, 2.45) is 5.73 Å². The Hall–Kier alpha value is -0.480. The molecule has 0 aliphatic heterocycles. The minimum Gasteiger partial charge on any atom is -0.330 e. The molecule has 2 N–H and O–H groups in total. The lowest BCUT2D eigenvalue weighted by Gasteiger charge is -2.21. The SMILES string of the molecule is CSC1CCCC1n1cncc1CCN. The maximum absolute atomic E-state index is 5.61. The lowest BCUT2D eigenvalue weighted by Crippen LogP contribution is -2.18. The average Bonchev–Trinajstić information content (AvgIpc) is 2.84. The van der Waals surface area contributed by atoms with E-state index in [0.717, 1.165) is 11.7 Å². The van der Waals surface area contributed by atoms with E-state index in [4.69, 9.17) is 5.73 Å². The van der Waals surface area contributed by atoms with Gasteiger partial charge in [0.1, 0.15) is 0 Å². The maximum Gasteiger partial charge on any atom is 0.0951 e. The standard InChI is InChI=1S/C11H19N3S/c1-15-11-4-2-3-10(11)14-8-13-7-9(14)5-6-12/h7-8,10-11H,2-6,12H2,1H3. The van der Waals surface area contributed by atoms with E-state index in [1.165, 1.54) is 25.0 Å². The first-order valence-corrected chi connectivity index (χ1v) is 6.89. The molecule has 4 heteroatoms. The predicted octanol–water partition coefficient (Wildman–Crippen LogP) is 1.84. The number of thioether (sulfide) groups is 1. The second kappa shape index (κ2) is 5.03. The summed E-state index contributed by atoms with van der Waals surface area (Å²) in [6, 6.07) is 0.643. The topological polar surface area (TPSA) is 43.8 Å². The van der Waals surface area contributed by atoms with E-state index in [2.05, 4.69) is 15.8 Å². The minimum absolute atomic E-state index is 0.643. The van der Waals surface area contributed by atoms with Crippen LogP contribution in [0.2, 0.25) is 0 Å². The zero-order chi connectivity index (χ0) is 10.7. The number of nitrogens with zero attached hydrogens (tertiary/aromatic N) is 2. The highest BCUT2D eigenvalue weighted by Gasteiger charge is 2.28. The summed E-state index contributed by atoms with van der Waals surface area (Å²) in [6.07, 6.45) is 11.1. The van der Waals surface area contributed by atoms with E-state index in [9.17, 15) is 0 Å². The molecule has 0 aromatic carbocycles. The Morgan fingerprint density at radius 3 is 3.20 bits per heavy atom. The smallest absolute Gasteiger partial charge is 0.0951 e. The summed E-state index contributed by atoms with van der Waals surface area (Å²) in [5.74, 6) is 0. The molecule has 1 aliphatic carbocycles. The van der Waals surface area contributed by atoms with Gasteiger partial charge in [-0.15, -0.1) is 0 Å². The van der Waals surface area contributed by atoms with E-state index >= 15 is 0 Å². The number of hydrogen-bond acceptors (Lipinski definition) is 3. The Labute approximate surface area is 95.4 Å². The monoisotopic (exact) mass is 225 g/mol. The first-order chi connectivity index (χ1) is 7.36. The Kier molecular flexibility index (Phi) is 3.70. The van der Waals surface area contributed by atoms with Crippen LogP contribution in [0.1, 0.15) is 31.0 Å². The third kappa shape index (κ3) is 2.21. The van der Waals surface area contributed by atoms with Crippen molar-refractivity contribution < 1.29 is 0 Å². The van der Waals surface area contributed by atoms with Crippen molar-refractivity contribution in [3.63, 3.8) is 0 Å². The number of imidazole rings is 1. The molecule has 0 radical (unpaired) electrons. The van der Waals surface area contributed by atoms with Crippen molar-refractivity contribution in [3.8, 4) is 0 Å². The molecule has 0 saturated heterocycles. The maximum atomic E-state index is 5.61. The van der Waals surface area contributed by atoms with E-state index in [1.807, 2.05) is 24.3 Å². The fraction of sp³-hybridized carbons (Fsp3) is 0.727. The molecule has 15 heavy (non-hydrogen) atoms. The molecule has 2 atom stereocenters. The van der Waals surface area contributed by atoms with E-state index in [0.29, 0.717) is 12.6 Å². The van der Waals surface area contributed by atoms with Crippen LogP contribution in [-0.2, 0) is 6.42 Å². The second-order valence-corrected chi connectivity index (χ2v) is 5.18. The highest BCUT2D eigenvalue weighted by atomic mass is 32.2. The minimum atomic E-state index is 0.643. The van der Waals surface area contributed by atoms with Gasteiger partial charge in [0.05, 0.1) is 6.33 Å². The molecule has 0 bridgehead atoms. The molecule has 0 amide bonds. The molecule has 2 unspecified atom stereocenters. The third-order valence-electron chi connectivity index (χ3n) is 3.22. The number of rotatable bonds is 4. The van der Waals surface area contributed by atoms with Crippen molar-refractivity contribution in [1.82, 2.24) is 9.55 Å². The highest BCUT2D eigenvalue weighted by Crippen LogP contribution is 2.37. The summed E-state index contributed by atoms with van der Waals surface area (Å²) in [5, 5.41) is 0.760. The third-order valence-corrected chi connectivity index (χ3v) is 4.38. The van der Waals surface area contributed by atoms with Crippen molar-refractivity contribution in [2.75, 3.05) is 12.8 Å². The van der Waals surface area contributed by atoms with Crippen LogP contribution >= 0.6 is 11.8 Å². The van der Waals surface area contributed by atoms with Crippen molar-refractivity contribution in [2.45, 2.75) is 37.0 Å². The molecule has 1 heterocycles. The Bertz CT molecular complexity index is 311. The number of hydrogen-bond donors (Lipinski definition) is 1. The average molecular weight is 225 g/mol. The zero-order valence-electron chi connectivity index (χ0n) is 9.22. The first kappa shape index (κ1) is 11.0. The molecule has 0 spiro atoms. The molecule has 2 rings (SSSR count). The zero-order valence-corrected chi connectivity index (χ0v) is 10.0. The number of aromatic nitrogens is 2. The molecule has 3 nitrogen and oxygen atoms in total. The molecular weight excluding hydrogens is 206 g/mol. The molecule has 1 fully saturated rings. The highest BCUT2D eigenvalue weighted by molar-refractivity contribution is 7.99. The van der Waals surface area contributed by atoms with E-state index in [-0.39, 0.29) is 0 Å². The van der Waals surface area contributed by atoms with Gasteiger partial charge in [-0.3, -0.25) is 0 Å². The molecule has 1 saturated carbocycles. The van der Waals surface area contributed by atoms with Crippen molar-refractivity contribution in [3.05, 3.63) is 18.2 Å². The summed E-state index contributed by atoms with van der Waals surface area (Å²) < 4.78 is 2.35. The van der Waals surface area contributed by atoms with Crippen LogP contribution < -0.4 is 5.73 Å². The van der Waals surface area contributed by atoms with Crippen molar-refractivity contribution >= 4 is 11.8 Å². The summed E-state index contributed by atoms with van der Waals surface area (Å²) in [6.45, 7) is 0.711. The Balaban J connectivity index is 2.16. The van der Waals surface area contributed by atoms with Crippen LogP contribution in [0.4, 0.5) is 0 Å². The summed E-state index contributed by atoms with van der Waals surface area (Å²) in [7, 11) is 0. The van der Waals surface area contributed by atoms with E-state index < -0.39 is 0 Å². The fourth-order valence-electron chi connectivity index (χ4n) is 2.47. The Morgan fingerprint density at radius 1 is 1.60 bits per heavy atom. The quantitative estimate of drug-likeness (QED) is 0.850. The van der Waals surface area contributed by atoms with Crippen LogP contribution in [0.5, 0.6) is 0 Å². The fourth-order valence-corrected chi connectivity index (χ4v) is 3.46. The van der Waals surface area contributed by atoms with Crippen LogP contribution in [0.15, 0.2) is 12.5 Å². The van der Waals surface area contributed by atoms with Gasteiger partial charge in [-0.1, -0.05) is 6.42 Å². The second-order valence-electron chi connectivity index (χ2n) is 4.10. The molecule has 1 aromatic rings. The molecule has 1 aliphatic rings. The van der Waals surface area contributed by atoms with Crippen LogP contribution in [0.25, 0.3) is 0 Å². The van der Waals surface area contributed by atoms with Gasteiger partial charge in [0.25, 0.3) is 0 Å². The van der Waals surface area contributed by atoms with Crippen LogP contribution in [0, 0.1) is 0 Å². The lowest BCUT2D eigenvalue weighted by molar-refractivity contribution is 0.509. The molecule has 84 valence electrons. The van der Waals surface area contributed by atoms with Gasteiger partial charge >= 0.3 is 0 Å². The van der Waals surface area contributed by atoms with Crippen molar-refractivity contribution in [1.29, 1.82) is 0 Å². The van der Waals surface area contributed by atoms with Gasteiger partial charge < -0.3 is 10.3 Å². The van der Waals surface area contributed by atoms with Crippen LogP contribution in [-0.4, -0.2) is 27.6 Å². The largest absolute Gasteiger partial charge is 0.330 e. The lowest BCUT2D eigenvalue weighted by atomic mass is 10.2. The van der Waals surface area contributed by atoms with Gasteiger partial charge in [-0.2, -0.15) is 11.8 Å². The summed E-state index contributed by atoms with van der Waals surface area (Å²) in [4.78, 5) is 4.25. The normalized spacial score (nSPS) is 26.0.